The fourth-order valence-electron chi connectivity index (χ4n) is 8.18. The minimum Gasteiger partial charge on any atom is -0.494 e. The zero-order valence-corrected chi connectivity index (χ0v) is 42.5. The molecule has 6 rings (SSSR count). The Morgan fingerprint density at radius 1 is 0.417 bits per heavy atom. The first-order valence-electron chi connectivity index (χ1n) is 26.0. The summed E-state index contributed by atoms with van der Waals surface area (Å²) in [6.07, 6.45) is 17.9. The number of ether oxygens (including phenoxy) is 4. The van der Waals surface area contributed by atoms with Crippen LogP contribution in [0.1, 0.15) is 122 Å². The number of benzene rings is 6. The maximum absolute atomic E-state index is 11.4. The largest absolute Gasteiger partial charge is 0.494 e. The lowest BCUT2D eigenvalue weighted by molar-refractivity contribution is -0.139. The zero-order valence-electron chi connectivity index (χ0n) is 42.5. The Balaban J connectivity index is 0.909. The third-order valence-electron chi connectivity index (χ3n) is 12.3. The van der Waals surface area contributed by atoms with Crippen molar-refractivity contribution in [1.29, 1.82) is 0 Å². The summed E-state index contributed by atoms with van der Waals surface area (Å²) in [5.41, 5.74) is 6.13. The lowest BCUT2D eigenvalue weighted by atomic mass is 10.1. The minimum absolute atomic E-state index is 0.295. The molecule has 378 valence electrons. The predicted molar refractivity (Wildman–Crippen MR) is 293 cm³/mol. The van der Waals surface area contributed by atoms with E-state index in [9.17, 15) is 9.59 Å². The summed E-state index contributed by atoms with van der Waals surface area (Å²) in [7, 11) is 0. The highest BCUT2D eigenvalue weighted by atomic mass is 16.5. The van der Waals surface area contributed by atoms with Crippen LogP contribution in [-0.4, -0.2) is 38.4 Å². The second-order valence-electron chi connectivity index (χ2n) is 18.4. The van der Waals surface area contributed by atoms with Gasteiger partial charge in [-0.3, -0.25) is 0 Å². The molecule has 0 aromatic heterocycles. The third-order valence-corrected chi connectivity index (χ3v) is 12.3. The lowest BCUT2D eigenvalue weighted by Gasteiger charge is -2.12. The molecule has 1 N–H and O–H groups in total. The number of hydrogen-bond donors (Lipinski definition) is 1. The first kappa shape index (κ1) is 54.2. The molecule has 72 heavy (non-hydrogen) atoms. The van der Waals surface area contributed by atoms with Crippen molar-refractivity contribution in [3.8, 4) is 11.5 Å². The first-order valence-corrected chi connectivity index (χ1v) is 26.0. The second-order valence-corrected chi connectivity index (χ2v) is 18.4. The van der Waals surface area contributed by atoms with Crippen LogP contribution in [0, 0.1) is 0 Å². The molecule has 11 heteroatoms. The molecule has 6 aromatic rings. The smallest absolute Gasteiger partial charge is 0.333 e. The molecule has 11 nitrogen and oxygen atoms in total. The summed E-state index contributed by atoms with van der Waals surface area (Å²) in [6, 6.07) is 40.4. The summed E-state index contributed by atoms with van der Waals surface area (Å²) in [5.74, 6) is 1.12. The average Bonchev–Trinajstić information content (AvgIpc) is 3.40. The van der Waals surface area contributed by atoms with Gasteiger partial charge in [-0.05, 0) is 106 Å². The number of esters is 2. The Morgan fingerprint density at radius 2 is 0.778 bits per heavy atom. The molecule has 0 saturated heterocycles. The molecular weight excluding hydrogens is 899 g/mol. The molecule has 0 radical (unpaired) electrons. The van der Waals surface area contributed by atoms with Gasteiger partial charge in [0.1, 0.15) is 11.5 Å². The number of nitrogens with one attached hydrogen (secondary N) is 1. The Hall–Kier alpha value is -7.14. The minimum atomic E-state index is -0.299. The van der Waals surface area contributed by atoms with Gasteiger partial charge < -0.3 is 24.3 Å². The van der Waals surface area contributed by atoms with Gasteiger partial charge in [-0.15, -0.1) is 15.3 Å². The number of anilines is 1. The lowest BCUT2D eigenvalue weighted by Crippen LogP contribution is -2.05. The Bertz CT molecular complexity index is 2710. The van der Waals surface area contributed by atoms with Crippen LogP contribution in [-0.2, 0) is 25.6 Å². The van der Waals surface area contributed by atoms with Crippen LogP contribution in [0.4, 0.5) is 28.4 Å². The standard InChI is InChI=1S/C61H73N5O6/c1-46(2)60(67)71-43-23-15-11-7-5-9-13-21-41-69-50-33-29-48(30-34-50)45-62-56-37-38-58(53-26-18-17-25-52(53)56)65-66-59-40-39-57(54-27-19-20-28-55(54)59)64-63-49-31-35-51(36-32-49)70-42-22-14-10-6-8-12-16-24-44-72-61(68)47(3)4/h17-20,25-40,62H,1,3,5-16,21-24,41-45H2,2,4H3. The number of azo groups is 2. The first-order chi connectivity index (χ1) is 35.2. The number of unbranched alkanes of at least 4 members (excludes halogenated alkanes) is 14. The number of hydrogen-bond acceptors (Lipinski definition) is 11. The van der Waals surface area contributed by atoms with Gasteiger partial charge in [0.25, 0.3) is 0 Å². The van der Waals surface area contributed by atoms with Gasteiger partial charge in [0.15, 0.2) is 0 Å². The van der Waals surface area contributed by atoms with Crippen molar-refractivity contribution in [3.05, 3.63) is 151 Å². The van der Waals surface area contributed by atoms with E-state index in [2.05, 4.69) is 59.0 Å². The molecule has 0 heterocycles. The van der Waals surface area contributed by atoms with Crippen molar-refractivity contribution in [3.63, 3.8) is 0 Å². The topological polar surface area (TPSA) is 133 Å². The van der Waals surface area contributed by atoms with Crippen molar-refractivity contribution in [2.75, 3.05) is 31.7 Å². The van der Waals surface area contributed by atoms with E-state index in [1.54, 1.807) is 13.8 Å². The SMILES string of the molecule is C=C(C)C(=O)OCCCCCCCCCCOc1ccc(CNc2ccc(N=Nc3ccc(N=Nc4ccc(OCCCCCCCCCCOC(=O)C(=C)C)cc4)c4ccccc34)c3ccccc23)cc1. The summed E-state index contributed by atoms with van der Waals surface area (Å²) >= 11 is 0. The number of nitrogens with zero attached hydrogens (tertiary/aromatic N) is 4. The van der Waals surface area contributed by atoms with Gasteiger partial charge in [-0.1, -0.05) is 151 Å². The van der Waals surface area contributed by atoms with Crippen LogP contribution < -0.4 is 14.8 Å². The third kappa shape index (κ3) is 18.6. The average molecular weight is 972 g/mol. The van der Waals surface area contributed by atoms with Gasteiger partial charge in [-0.25, -0.2) is 9.59 Å². The molecule has 0 amide bonds. The van der Waals surface area contributed by atoms with Crippen molar-refractivity contribution >= 4 is 61.9 Å². The number of rotatable bonds is 33. The van der Waals surface area contributed by atoms with E-state index in [1.165, 1.54) is 44.9 Å². The van der Waals surface area contributed by atoms with Gasteiger partial charge in [0, 0.05) is 44.9 Å². The van der Waals surface area contributed by atoms with Gasteiger partial charge in [0.2, 0.25) is 0 Å². The normalized spacial score (nSPS) is 11.4. The van der Waals surface area contributed by atoms with Crippen LogP contribution in [0.25, 0.3) is 21.5 Å². The molecule has 6 aromatic carbocycles. The summed E-state index contributed by atoms with van der Waals surface area (Å²) in [6.45, 7) is 13.6. The van der Waals surface area contributed by atoms with Gasteiger partial charge >= 0.3 is 11.9 Å². The molecule has 0 aliphatic heterocycles. The highest BCUT2D eigenvalue weighted by Crippen LogP contribution is 2.37. The van der Waals surface area contributed by atoms with E-state index < -0.39 is 0 Å². The van der Waals surface area contributed by atoms with Gasteiger partial charge in [0.05, 0.1) is 49.2 Å². The molecule has 0 spiro atoms. The number of fused-ring (bicyclic) bond motifs is 2. The van der Waals surface area contributed by atoms with Crippen molar-refractivity contribution < 1.29 is 28.5 Å². The van der Waals surface area contributed by atoms with Gasteiger partial charge in [-0.2, -0.15) is 5.11 Å². The summed E-state index contributed by atoms with van der Waals surface area (Å²) < 4.78 is 22.3. The van der Waals surface area contributed by atoms with Crippen molar-refractivity contribution in [2.24, 2.45) is 20.5 Å². The molecule has 0 aliphatic carbocycles. The van der Waals surface area contributed by atoms with E-state index in [4.69, 9.17) is 29.2 Å². The molecule has 0 saturated carbocycles. The number of carbonyl (C=O) groups is 2. The summed E-state index contributed by atoms with van der Waals surface area (Å²) in [5, 5.41) is 26.3. The Labute approximate surface area is 426 Å². The maximum atomic E-state index is 11.4. The van der Waals surface area contributed by atoms with Crippen LogP contribution >= 0.6 is 0 Å². The second kappa shape index (κ2) is 30.6. The highest BCUT2D eigenvalue weighted by Gasteiger charge is 2.10. The molecule has 0 atom stereocenters. The highest BCUT2D eigenvalue weighted by molar-refractivity contribution is 6.02. The molecule has 0 fully saturated rings. The molecular formula is C61H73N5O6. The number of carbonyl (C=O) groups excluding carboxylic acids is 2. The fourth-order valence-corrected chi connectivity index (χ4v) is 8.18. The van der Waals surface area contributed by atoms with E-state index in [-0.39, 0.29) is 11.9 Å². The predicted octanol–water partition coefficient (Wildman–Crippen LogP) is 17.7. The molecule has 0 bridgehead atoms. The van der Waals surface area contributed by atoms with Crippen molar-refractivity contribution in [1.82, 2.24) is 0 Å². The summed E-state index contributed by atoms with van der Waals surface area (Å²) in [4.78, 5) is 22.9. The van der Waals surface area contributed by atoms with Crippen LogP contribution in [0.5, 0.6) is 11.5 Å². The van der Waals surface area contributed by atoms with E-state index in [1.807, 2.05) is 91.0 Å². The van der Waals surface area contributed by atoms with E-state index in [0.717, 1.165) is 125 Å². The fraction of sp³-hybridized carbons (Fsp3) is 0.377. The quantitative estimate of drug-likeness (QED) is 0.0188. The Kier molecular flexibility index (Phi) is 23.0. The van der Waals surface area contributed by atoms with Crippen LogP contribution in [0.2, 0.25) is 0 Å². The zero-order chi connectivity index (χ0) is 50.6. The molecule has 0 unspecified atom stereocenters. The van der Waals surface area contributed by atoms with Crippen molar-refractivity contribution in [2.45, 2.75) is 123 Å². The Morgan fingerprint density at radius 3 is 1.22 bits per heavy atom. The van der Waals surface area contributed by atoms with Crippen LogP contribution in [0.3, 0.4) is 0 Å². The monoisotopic (exact) mass is 972 g/mol. The van der Waals surface area contributed by atoms with E-state index in [0.29, 0.717) is 44.1 Å². The maximum Gasteiger partial charge on any atom is 0.333 e. The van der Waals surface area contributed by atoms with Crippen LogP contribution in [0.15, 0.2) is 166 Å². The molecule has 0 aliphatic rings. The van der Waals surface area contributed by atoms with E-state index >= 15 is 0 Å².